The van der Waals surface area contributed by atoms with E-state index in [-0.39, 0.29) is 18.4 Å². The van der Waals surface area contributed by atoms with Crippen LogP contribution in [0.4, 0.5) is 10.5 Å². The van der Waals surface area contributed by atoms with Gasteiger partial charge in [-0.1, -0.05) is 60.7 Å². The molecule has 1 saturated heterocycles. The van der Waals surface area contributed by atoms with E-state index in [0.29, 0.717) is 19.4 Å². The number of carbonyl (C=O) groups excluding carboxylic acids is 3. The zero-order valence-corrected chi connectivity index (χ0v) is 19.5. The molecule has 0 bridgehead atoms. The Kier molecular flexibility index (Phi) is 6.82. The number of hydrogen-bond donors (Lipinski definition) is 3. The standard InChI is InChI=1S/C27H30N4O3/c1-17-7-5-8-18(2)24(17)30-27(34)31-14-6-11-23(31)26(33)29-22(25(28)32)16-19-12-13-20-9-3-4-10-21(20)15-19/h3-5,7-10,12-13,15,22-23H,6,11,14,16H2,1-2H3,(H2,28,32)(H,29,33)(H,30,34). The molecule has 0 radical (unpaired) electrons. The highest BCUT2D eigenvalue weighted by Gasteiger charge is 2.36. The van der Waals surface area contributed by atoms with Gasteiger partial charge in [-0.2, -0.15) is 0 Å². The maximum absolute atomic E-state index is 13.1. The number of benzene rings is 3. The summed E-state index contributed by atoms with van der Waals surface area (Å²) in [5.41, 5.74) is 9.20. The number of rotatable bonds is 6. The van der Waals surface area contributed by atoms with Crippen LogP contribution in [0.3, 0.4) is 0 Å². The first kappa shape index (κ1) is 23.3. The van der Waals surface area contributed by atoms with E-state index < -0.39 is 18.0 Å². The van der Waals surface area contributed by atoms with Crippen molar-refractivity contribution >= 4 is 34.3 Å². The zero-order valence-electron chi connectivity index (χ0n) is 19.5. The number of likely N-dealkylation sites (tertiary alicyclic amines) is 1. The van der Waals surface area contributed by atoms with Crippen molar-refractivity contribution in [3.63, 3.8) is 0 Å². The molecule has 34 heavy (non-hydrogen) atoms. The molecule has 3 aromatic rings. The Morgan fingerprint density at radius 3 is 2.41 bits per heavy atom. The lowest BCUT2D eigenvalue weighted by molar-refractivity contribution is -0.129. The van der Waals surface area contributed by atoms with Crippen molar-refractivity contribution in [1.82, 2.24) is 10.2 Å². The number of para-hydroxylation sites is 1. The average Bonchev–Trinajstić information content (AvgIpc) is 3.31. The monoisotopic (exact) mass is 458 g/mol. The maximum atomic E-state index is 13.1. The highest BCUT2D eigenvalue weighted by molar-refractivity contribution is 5.96. The highest BCUT2D eigenvalue weighted by atomic mass is 16.2. The molecule has 0 saturated carbocycles. The van der Waals surface area contributed by atoms with Crippen LogP contribution in [0.2, 0.25) is 0 Å². The van der Waals surface area contributed by atoms with E-state index in [2.05, 4.69) is 10.6 Å². The quantitative estimate of drug-likeness (QED) is 0.525. The number of nitrogens with one attached hydrogen (secondary N) is 2. The molecular formula is C27H30N4O3. The summed E-state index contributed by atoms with van der Waals surface area (Å²) in [6, 6.07) is 17.8. The van der Waals surface area contributed by atoms with Gasteiger partial charge in [0.05, 0.1) is 0 Å². The molecule has 3 aromatic carbocycles. The fourth-order valence-corrected chi connectivity index (χ4v) is 4.56. The molecule has 4 N–H and O–H groups in total. The Morgan fingerprint density at radius 2 is 1.71 bits per heavy atom. The highest BCUT2D eigenvalue weighted by Crippen LogP contribution is 2.23. The van der Waals surface area contributed by atoms with Gasteiger partial charge in [-0.25, -0.2) is 4.79 Å². The van der Waals surface area contributed by atoms with Crippen LogP contribution in [0.25, 0.3) is 10.8 Å². The largest absolute Gasteiger partial charge is 0.368 e. The van der Waals surface area contributed by atoms with Crippen LogP contribution in [0.1, 0.15) is 29.5 Å². The fourth-order valence-electron chi connectivity index (χ4n) is 4.56. The van der Waals surface area contributed by atoms with Crippen molar-refractivity contribution < 1.29 is 14.4 Å². The van der Waals surface area contributed by atoms with E-state index in [1.165, 1.54) is 4.90 Å². The lowest BCUT2D eigenvalue weighted by Crippen LogP contribution is -2.53. The Morgan fingerprint density at radius 1 is 1.00 bits per heavy atom. The van der Waals surface area contributed by atoms with Gasteiger partial charge in [0, 0.05) is 18.7 Å². The third kappa shape index (κ3) is 5.03. The summed E-state index contributed by atoms with van der Waals surface area (Å²) in [4.78, 5) is 39.8. The van der Waals surface area contributed by atoms with Gasteiger partial charge in [0.15, 0.2) is 0 Å². The van der Waals surface area contributed by atoms with Crippen molar-refractivity contribution in [2.24, 2.45) is 5.73 Å². The minimum Gasteiger partial charge on any atom is -0.368 e. The van der Waals surface area contributed by atoms with E-state index in [4.69, 9.17) is 5.73 Å². The molecule has 7 heteroatoms. The van der Waals surface area contributed by atoms with E-state index in [1.807, 2.05) is 74.5 Å². The fraction of sp³-hybridized carbons (Fsp3) is 0.296. The smallest absolute Gasteiger partial charge is 0.322 e. The van der Waals surface area contributed by atoms with Crippen molar-refractivity contribution in [1.29, 1.82) is 0 Å². The third-order valence-electron chi connectivity index (χ3n) is 6.44. The molecule has 176 valence electrons. The topological polar surface area (TPSA) is 105 Å². The number of hydrogen-bond acceptors (Lipinski definition) is 3. The SMILES string of the molecule is Cc1cccc(C)c1NC(=O)N1CCCC1C(=O)NC(Cc1ccc2ccccc2c1)C(N)=O. The lowest BCUT2D eigenvalue weighted by atomic mass is 10.0. The first-order chi connectivity index (χ1) is 16.3. The van der Waals surface area contributed by atoms with Gasteiger partial charge in [-0.05, 0) is 54.2 Å². The van der Waals surface area contributed by atoms with Crippen LogP contribution in [0.15, 0.2) is 60.7 Å². The second kappa shape index (κ2) is 9.95. The zero-order chi connectivity index (χ0) is 24.2. The van der Waals surface area contributed by atoms with E-state index >= 15 is 0 Å². The number of fused-ring (bicyclic) bond motifs is 1. The number of nitrogens with two attached hydrogens (primary N) is 1. The van der Waals surface area contributed by atoms with Crippen LogP contribution in [-0.2, 0) is 16.0 Å². The molecule has 0 aromatic heterocycles. The number of urea groups is 1. The predicted octanol–water partition coefficient (Wildman–Crippen LogP) is 3.67. The minimum atomic E-state index is -0.863. The summed E-state index contributed by atoms with van der Waals surface area (Å²) in [5.74, 6) is -0.968. The predicted molar refractivity (Wildman–Crippen MR) is 133 cm³/mol. The van der Waals surface area contributed by atoms with Crippen LogP contribution < -0.4 is 16.4 Å². The van der Waals surface area contributed by atoms with Gasteiger partial charge in [0.25, 0.3) is 0 Å². The van der Waals surface area contributed by atoms with Crippen molar-refractivity contribution in [3.05, 3.63) is 77.4 Å². The second-order valence-electron chi connectivity index (χ2n) is 8.90. The number of amides is 4. The third-order valence-corrected chi connectivity index (χ3v) is 6.44. The Hall–Kier alpha value is -3.87. The second-order valence-corrected chi connectivity index (χ2v) is 8.90. The summed E-state index contributed by atoms with van der Waals surface area (Å²) in [7, 11) is 0. The van der Waals surface area contributed by atoms with E-state index in [1.54, 1.807) is 0 Å². The average molecular weight is 459 g/mol. The molecular weight excluding hydrogens is 428 g/mol. The first-order valence-electron chi connectivity index (χ1n) is 11.5. The molecule has 1 aliphatic heterocycles. The molecule has 0 aliphatic carbocycles. The lowest BCUT2D eigenvalue weighted by Gasteiger charge is -2.26. The molecule has 7 nitrogen and oxygen atoms in total. The van der Waals surface area contributed by atoms with Crippen LogP contribution in [0, 0.1) is 13.8 Å². The first-order valence-corrected chi connectivity index (χ1v) is 11.5. The summed E-state index contributed by atoms with van der Waals surface area (Å²) in [6.45, 7) is 4.34. The van der Waals surface area contributed by atoms with Gasteiger partial charge in [0.1, 0.15) is 12.1 Å². The summed E-state index contributed by atoms with van der Waals surface area (Å²) < 4.78 is 0. The Bertz CT molecular complexity index is 1220. The number of carbonyl (C=O) groups is 3. The van der Waals surface area contributed by atoms with Gasteiger partial charge in [-0.3, -0.25) is 9.59 Å². The van der Waals surface area contributed by atoms with Crippen LogP contribution in [0.5, 0.6) is 0 Å². The van der Waals surface area contributed by atoms with E-state index in [9.17, 15) is 14.4 Å². The van der Waals surface area contributed by atoms with Crippen LogP contribution in [-0.4, -0.2) is 41.4 Å². The summed E-state index contributed by atoms with van der Waals surface area (Å²) in [5, 5.41) is 7.90. The number of nitrogens with zero attached hydrogens (tertiary/aromatic N) is 1. The molecule has 0 spiro atoms. The molecule has 2 atom stereocenters. The van der Waals surface area contributed by atoms with Gasteiger partial charge in [0.2, 0.25) is 11.8 Å². The summed E-state index contributed by atoms with van der Waals surface area (Å²) >= 11 is 0. The van der Waals surface area contributed by atoms with E-state index in [0.717, 1.165) is 33.2 Å². The normalized spacial score (nSPS) is 16.3. The number of anilines is 1. The molecule has 4 amide bonds. The van der Waals surface area contributed by atoms with Crippen LogP contribution >= 0.6 is 0 Å². The molecule has 1 fully saturated rings. The Labute approximate surface area is 199 Å². The molecule has 4 rings (SSSR count). The van der Waals surface area contributed by atoms with Crippen molar-refractivity contribution in [2.45, 2.75) is 45.2 Å². The van der Waals surface area contributed by atoms with Crippen molar-refractivity contribution in [2.75, 3.05) is 11.9 Å². The molecule has 1 heterocycles. The maximum Gasteiger partial charge on any atom is 0.322 e. The number of primary amides is 1. The van der Waals surface area contributed by atoms with Gasteiger partial charge >= 0.3 is 6.03 Å². The molecule has 1 aliphatic rings. The van der Waals surface area contributed by atoms with Gasteiger partial charge < -0.3 is 21.3 Å². The van der Waals surface area contributed by atoms with Crippen molar-refractivity contribution in [3.8, 4) is 0 Å². The Balaban J connectivity index is 1.45. The summed E-state index contributed by atoms with van der Waals surface area (Å²) in [6.07, 6.45) is 1.53. The number of aryl methyl sites for hydroxylation is 2. The molecule has 2 unspecified atom stereocenters. The minimum absolute atomic E-state index is 0.285. The van der Waals surface area contributed by atoms with Gasteiger partial charge in [-0.15, -0.1) is 0 Å².